The molecule has 4 N–H and O–H groups in total. The first-order valence-corrected chi connectivity index (χ1v) is 6.69. The van der Waals surface area contributed by atoms with Crippen LogP contribution in [-0.2, 0) is 10.2 Å². The van der Waals surface area contributed by atoms with E-state index in [1.807, 2.05) is 0 Å². The van der Waals surface area contributed by atoms with Crippen LogP contribution in [0.4, 0.5) is 5.82 Å². The molecule has 17 heavy (non-hydrogen) atoms. The van der Waals surface area contributed by atoms with Crippen molar-refractivity contribution in [3.8, 4) is 0 Å². The Morgan fingerprint density at radius 2 is 2.24 bits per heavy atom. The van der Waals surface area contributed by atoms with E-state index in [1.54, 1.807) is 13.8 Å². The Bertz CT molecular complexity index is 508. The van der Waals surface area contributed by atoms with Gasteiger partial charge in [-0.1, -0.05) is 12.2 Å². The number of nitrogens with two attached hydrogens (primary N) is 1. The van der Waals surface area contributed by atoms with Crippen molar-refractivity contribution in [3.05, 3.63) is 11.8 Å². The minimum atomic E-state index is -3.64. The number of anilines is 1. The van der Waals surface area contributed by atoms with E-state index in [2.05, 4.69) is 14.9 Å². The lowest BCUT2D eigenvalue weighted by atomic mass is 10.3. The summed E-state index contributed by atoms with van der Waals surface area (Å²) >= 11 is 4.78. The molecule has 1 rings (SSSR count). The molecule has 0 aromatic carbocycles. The van der Waals surface area contributed by atoms with Crippen LogP contribution in [0.3, 0.4) is 0 Å². The summed E-state index contributed by atoms with van der Waals surface area (Å²) in [6.07, 6.45) is 1.37. The van der Waals surface area contributed by atoms with E-state index in [-0.39, 0.29) is 16.8 Å². The standard InChI is InChI=1S/C8H15N5O2S2/c1-5(2)13(3)17(14,15)12-8-6(7(9)16)4-10-11-8/h4-5H,1-3H3,(H2,9,16)(H2,10,11,12). The topological polar surface area (TPSA) is 104 Å². The summed E-state index contributed by atoms with van der Waals surface area (Å²) < 4.78 is 27.3. The van der Waals surface area contributed by atoms with Crippen molar-refractivity contribution in [2.45, 2.75) is 19.9 Å². The van der Waals surface area contributed by atoms with Gasteiger partial charge in [0.25, 0.3) is 0 Å². The lowest BCUT2D eigenvalue weighted by Gasteiger charge is -2.21. The summed E-state index contributed by atoms with van der Waals surface area (Å²) in [5.74, 6) is 0.171. The predicted octanol–water partition coefficient (Wildman–Crippen LogP) is 0.0408. The molecule has 0 radical (unpaired) electrons. The molecule has 0 saturated heterocycles. The number of hydrogen-bond acceptors (Lipinski definition) is 4. The van der Waals surface area contributed by atoms with Gasteiger partial charge >= 0.3 is 10.2 Å². The van der Waals surface area contributed by atoms with Crippen molar-refractivity contribution < 1.29 is 8.42 Å². The minimum Gasteiger partial charge on any atom is -0.389 e. The van der Waals surface area contributed by atoms with Gasteiger partial charge in [-0.05, 0) is 13.8 Å². The monoisotopic (exact) mass is 277 g/mol. The number of hydrogen-bond donors (Lipinski definition) is 3. The van der Waals surface area contributed by atoms with Gasteiger partial charge in [-0.15, -0.1) is 0 Å². The van der Waals surface area contributed by atoms with E-state index in [0.29, 0.717) is 5.56 Å². The van der Waals surface area contributed by atoms with E-state index >= 15 is 0 Å². The predicted molar refractivity (Wildman–Crippen MR) is 69.9 cm³/mol. The van der Waals surface area contributed by atoms with Gasteiger partial charge in [-0.2, -0.15) is 17.8 Å². The van der Waals surface area contributed by atoms with Crippen LogP contribution in [0.2, 0.25) is 0 Å². The molecule has 1 aromatic heterocycles. The molecule has 1 heterocycles. The Balaban J connectivity index is 2.99. The molecule has 0 saturated carbocycles. The zero-order valence-corrected chi connectivity index (χ0v) is 11.4. The fourth-order valence-corrected chi connectivity index (χ4v) is 2.30. The molecule has 0 bridgehead atoms. The van der Waals surface area contributed by atoms with Gasteiger partial charge in [0, 0.05) is 13.1 Å². The summed E-state index contributed by atoms with van der Waals surface area (Å²) in [7, 11) is -2.17. The Hall–Kier alpha value is -1.19. The van der Waals surface area contributed by atoms with E-state index in [1.165, 1.54) is 17.5 Å². The molecule has 96 valence electrons. The molecule has 0 unspecified atom stereocenters. The van der Waals surface area contributed by atoms with Gasteiger partial charge in [0.05, 0.1) is 11.8 Å². The lowest BCUT2D eigenvalue weighted by Crippen LogP contribution is -2.37. The second-order valence-corrected chi connectivity index (χ2v) is 5.91. The molecule has 0 atom stereocenters. The second-order valence-electron chi connectivity index (χ2n) is 3.74. The van der Waals surface area contributed by atoms with Crippen LogP contribution < -0.4 is 10.5 Å². The summed E-state index contributed by atoms with van der Waals surface area (Å²) in [5, 5.41) is 6.20. The van der Waals surface area contributed by atoms with Crippen LogP contribution in [0.25, 0.3) is 0 Å². The zero-order valence-electron chi connectivity index (χ0n) is 9.76. The van der Waals surface area contributed by atoms with Crippen molar-refractivity contribution in [1.29, 1.82) is 0 Å². The van der Waals surface area contributed by atoms with Crippen LogP contribution in [-0.4, -0.2) is 41.0 Å². The van der Waals surface area contributed by atoms with Gasteiger partial charge in [-0.3, -0.25) is 9.82 Å². The molecule has 7 nitrogen and oxygen atoms in total. The first-order chi connectivity index (χ1) is 7.75. The molecule has 0 fully saturated rings. The third kappa shape index (κ3) is 3.14. The first kappa shape index (κ1) is 13.9. The van der Waals surface area contributed by atoms with Crippen LogP contribution in [0, 0.1) is 0 Å². The van der Waals surface area contributed by atoms with E-state index < -0.39 is 10.2 Å². The van der Waals surface area contributed by atoms with Crippen molar-refractivity contribution in [1.82, 2.24) is 14.5 Å². The highest BCUT2D eigenvalue weighted by Gasteiger charge is 2.22. The SMILES string of the molecule is CC(C)N(C)S(=O)(=O)Nc1[nH]ncc1C(N)=S. The summed E-state index contributed by atoms with van der Waals surface area (Å²) in [5.41, 5.74) is 5.80. The highest BCUT2D eigenvalue weighted by atomic mass is 32.2. The van der Waals surface area contributed by atoms with Crippen molar-refractivity contribution >= 4 is 33.2 Å². The maximum atomic E-state index is 11.9. The number of nitrogens with zero attached hydrogens (tertiary/aromatic N) is 2. The molecular formula is C8H15N5O2S2. The van der Waals surface area contributed by atoms with Gasteiger partial charge in [-0.25, -0.2) is 0 Å². The van der Waals surface area contributed by atoms with Crippen molar-refractivity contribution in [2.75, 3.05) is 11.8 Å². The van der Waals surface area contributed by atoms with Crippen LogP contribution >= 0.6 is 12.2 Å². The fraction of sp³-hybridized carbons (Fsp3) is 0.500. The fourth-order valence-electron chi connectivity index (χ4n) is 1.03. The molecular weight excluding hydrogens is 262 g/mol. The third-order valence-corrected chi connectivity index (χ3v) is 4.10. The zero-order chi connectivity index (χ0) is 13.2. The lowest BCUT2D eigenvalue weighted by molar-refractivity contribution is 0.414. The normalized spacial score (nSPS) is 12.1. The number of aromatic amines is 1. The van der Waals surface area contributed by atoms with Gasteiger partial charge in [0.2, 0.25) is 0 Å². The molecule has 0 amide bonds. The van der Waals surface area contributed by atoms with E-state index in [4.69, 9.17) is 18.0 Å². The summed E-state index contributed by atoms with van der Waals surface area (Å²) in [4.78, 5) is 0.0728. The van der Waals surface area contributed by atoms with E-state index in [0.717, 1.165) is 0 Å². The van der Waals surface area contributed by atoms with Crippen LogP contribution in [0.1, 0.15) is 19.4 Å². The van der Waals surface area contributed by atoms with Crippen molar-refractivity contribution in [2.24, 2.45) is 5.73 Å². The Labute approximate surface area is 106 Å². The first-order valence-electron chi connectivity index (χ1n) is 4.84. The molecule has 0 spiro atoms. The summed E-state index contributed by atoms with van der Waals surface area (Å²) in [6.45, 7) is 3.53. The Kier molecular flexibility index (Phi) is 4.07. The smallest absolute Gasteiger partial charge is 0.302 e. The van der Waals surface area contributed by atoms with Gasteiger partial charge in [0.1, 0.15) is 10.8 Å². The average molecular weight is 277 g/mol. The molecule has 9 heteroatoms. The molecule has 0 aliphatic carbocycles. The van der Waals surface area contributed by atoms with Crippen LogP contribution in [0.15, 0.2) is 6.20 Å². The highest BCUT2D eigenvalue weighted by Crippen LogP contribution is 2.14. The third-order valence-electron chi connectivity index (χ3n) is 2.24. The largest absolute Gasteiger partial charge is 0.389 e. The number of nitrogens with one attached hydrogen (secondary N) is 2. The molecule has 0 aliphatic heterocycles. The average Bonchev–Trinajstić information content (AvgIpc) is 2.63. The number of thiocarbonyl (C=S) groups is 1. The minimum absolute atomic E-state index is 0.0728. The second kappa shape index (κ2) is 4.98. The Morgan fingerprint density at radius 1 is 1.65 bits per heavy atom. The van der Waals surface area contributed by atoms with E-state index in [9.17, 15) is 8.42 Å². The number of H-pyrrole nitrogens is 1. The number of rotatable bonds is 5. The van der Waals surface area contributed by atoms with Crippen molar-refractivity contribution in [3.63, 3.8) is 0 Å². The summed E-state index contributed by atoms with van der Waals surface area (Å²) in [6, 6.07) is -0.163. The highest BCUT2D eigenvalue weighted by molar-refractivity contribution is 7.90. The van der Waals surface area contributed by atoms with Gasteiger partial charge < -0.3 is 5.73 Å². The Morgan fingerprint density at radius 3 is 2.71 bits per heavy atom. The quantitative estimate of drug-likeness (QED) is 0.659. The maximum Gasteiger partial charge on any atom is 0.302 e. The maximum absolute atomic E-state index is 11.9. The van der Waals surface area contributed by atoms with Crippen LogP contribution in [0.5, 0.6) is 0 Å². The molecule has 1 aromatic rings. The number of aromatic nitrogens is 2. The van der Waals surface area contributed by atoms with Gasteiger partial charge in [0.15, 0.2) is 0 Å². The molecule has 0 aliphatic rings.